The summed E-state index contributed by atoms with van der Waals surface area (Å²) in [5.41, 5.74) is -4.96. The van der Waals surface area contributed by atoms with Gasteiger partial charge in [0.05, 0.1) is 10.8 Å². The monoisotopic (exact) mass is 601 g/mol. The van der Waals surface area contributed by atoms with Crippen LogP contribution in [0, 0.1) is 5.82 Å². The molecule has 0 unspecified atom stereocenters. The van der Waals surface area contributed by atoms with Crippen molar-refractivity contribution in [1.82, 2.24) is 14.8 Å². The second-order valence-corrected chi connectivity index (χ2v) is 11.8. The fourth-order valence-electron chi connectivity index (χ4n) is 4.71. The molecule has 1 saturated heterocycles. The van der Waals surface area contributed by atoms with Gasteiger partial charge in [-0.3, -0.25) is 14.4 Å². The van der Waals surface area contributed by atoms with Gasteiger partial charge < -0.3 is 14.8 Å². The van der Waals surface area contributed by atoms with Crippen molar-refractivity contribution in [3.05, 3.63) is 70.1 Å². The number of hydrogen-bond acceptors (Lipinski definition) is 5. The molecule has 40 heavy (non-hydrogen) atoms. The number of alkyl halides is 3. The van der Waals surface area contributed by atoms with Crippen molar-refractivity contribution in [2.75, 3.05) is 6.54 Å². The zero-order valence-corrected chi connectivity index (χ0v) is 22.7. The van der Waals surface area contributed by atoms with Crippen molar-refractivity contribution in [3.63, 3.8) is 0 Å². The summed E-state index contributed by atoms with van der Waals surface area (Å²) in [7, 11) is -5.44. The maximum atomic E-state index is 14.2. The van der Waals surface area contributed by atoms with Crippen molar-refractivity contribution in [3.8, 4) is 0 Å². The molecule has 2 heterocycles. The lowest BCUT2D eigenvalue weighted by Crippen LogP contribution is -2.46. The van der Waals surface area contributed by atoms with Crippen LogP contribution in [0.3, 0.4) is 0 Å². The Morgan fingerprint density at radius 3 is 2.55 bits per heavy atom. The molecule has 14 heteroatoms. The van der Waals surface area contributed by atoms with E-state index in [1.807, 2.05) is 0 Å². The summed E-state index contributed by atoms with van der Waals surface area (Å²) < 4.78 is 77.4. The maximum absolute atomic E-state index is 14.2. The predicted octanol–water partition coefficient (Wildman–Crippen LogP) is 4.38. The van der Waals surface area contributed by atoms with Crippen LogP contribution in [0.15, 0.2) is 42.6 Å². The highest BCUT2D eigenvalue weighted by Gasteiger charge is 2.45. The molecular formula is C26H24ClF4N3O5S. The third kappa shape index (κ3) is 5.99. The maximum Gasteiger partial charge on any atom is 0.497 e. The Bertz CT molecular complexity index is 1600. The van der Waals surface area contributed by atoms with Gasteiger partial charge in [0.1, 0.15) is 18.4 Å². The third-order valence-corrected chi connectivity index (χ3v) is 8.41. The number of Topliss-reactive ketones (excluding diaryl/α,β-unsaturated/α-hetero) is 1. The number of nitrogens with one attached hydrogen (secondary N) is 1. The standard InChI is InChI=1S/C26H24ClF4N3O5S/c1-15(35)19-12-33(21-8-7-16(10-18(19)21)14-40(38,39)26(29,30)31)13-23(36)34-9-3-6-22(34)25(37)32-11-17-4-2-5-20(27)24(17)28/h2,4-5,7-8,10,12,22H,3,6,9,11,13-14H2,1H3,(H,32,37)/t22-/m0/s1. The quantitative estimate of drug-likeness (QED) is 0.305. The van der Waals surface area contributed by atoms with Crippen LogP contribution in [0.2, 0.25) is 5.02 Å². The van der Waals surface area contributed by atoms with Crippen LogP contribution in [0.1, 0.15) is 41.3 Å². The molecule has 1 aliphatic rings. The average Bonchev–Trinajstić information content (AvgIpc) is 3.49. The van der Waals surface area contributed by atoms with E-state index < -0.39 is 50.6 Å². The number of halogens is 5. The Balaban J connectivity index is 1.53. The number of amides is 2. The Morgan fingerprint density at radius 1 is 1.15 bits per heavy atom. The highest BCUT2D eigenvalue weighted by molar-refractivity contribution is 7.91. The van der Waals surface area contributed by atoms with Crippen molar-refractivity contribution < 1.29 is 40.4 Å². The van der Waals surface area contributed by atoms with Gasteiger partial charge in [-0.2, -0.15) is 13.2 Å². The van der Waals surface area contributed by atoms with Gasteiger partial charge in [0.15, 0.2) is 5.78 Å². The number of carbonyl (C=O) groups is 3. The lowest BCUT2D eigenvalue weighted by atomic mass is 10.1. The molecule has 1 atom stereocenters. The van der Waals surface area contributed by atoms with Crippen molar-refractivity contribution in [2.45, 2.75) is 50.2 Å². The zero-order chi connectivity index (χ0) is 29.4. The summed E-state index contributed by atoms with van der Waals surface area (Å²) in [4.78, 5) is 39.8. The molecule has 0 bridgehead atoms. The highest BCUT2D eigenvalue weighted by atomic mass is 35.5. The molecule has 8 nitrogen and oxygen atoms in total. The third-order valence-electron chi connectivity index (χ3n) is 6.70. The first-order valence-electron chi connectivity index (χ1n) is 12.1. The molecule has 3 aromatic rings. The second kappa shape index (κ2) is 11.2. The van der Waals surface area contributed by atoms with Gasteiger partial charge in [-0.1, -0.05) is 29.8 Å². The van der Waals surface area contributed by atoms with Crippen LogP contribution in [0.4, 0.5) is 17.6 Å². The van der Waals surface area contributed by atoms with Crippen LogP contribution in [0.5, 0.6) is 0 Å². The molecule has 214 valence electrons. The number of carbonyl (C=O) groups excluding carboxylic acids is 3. The molecule has 1 N–H and O–H groups in total. The van der Waals surface area contributed by atoms with E-state index in [0.717, 1.165) is 0 Å². The molecular weight excluding hydrogens is 578 g/mol. The Hall–Kier alpha value is -3.45. The number of nitrogens with zero attached hydrogens (tertiary/aromatic N) is 2. The molecule has 0 saturated carbocycles. The summed E-state index contributed by atoms with van der Waals surface area (Å²) in [6, 6.07) is 7.34. The molecule has 1 aliphatic heterocycles. The molecule has 0 radical (unpaired) electrons. The highest BCUT2D eigenvalue weighted by Crippen LogP contribution is 2.30. The summed E-state index contributed by atoms with van der Waals surface area (Å²) in [6.07, 6.45) is 2.31. The summed E-state index contributed by atoms with van der Waals surface area (Å²) in [6.45, 7) is 1.13. The number of likely N-dealkylation sites (tertiary alicyclic amines) is 1. The predicted molar refractivity (Wildman–Crippen MR) is 139 cm³/mol. The van der Waals surface area contributed by atoms with Crippen molar-refractivity contribution in [1.29, 1.82) is 0 Å². The summed E-state index contributed by atoms with van der Waals surface area (Å²) >= 11 is 5.78. The van der Waals surface area contributed by atoms with Crippen molar-refractivity contribution in [2.24, 2.45) is 0 Å². The Kier molecular flexibility index (Phi) is 8.27. The lowest BCUT2D eigenvalue weighted by Gasteiger charge is -2.24. The molecule has 1 fully saturated rings. The first-order valence-corrected chi connectivity index (χ1v) is 14.1. The molecule has 4 rings (SSSR count). The number of hydrogen-bond donors (Lipinski definition) is 1. The number of ketones is 1. The molecule has 0 spiro atoms. The van der Waals surface area contributed by atoms with Gasteiger partial charge in [-0.15, -0.1) is 0 Å². The smallest absolute Gasteiger partial charge is 0.350 e. The fraction of sp³-hybridized carbons (Fsp3) is 0.346. The van der Waals surface area contributed by atoms with E-state index in [1.54, 1.807) is 6.07 Å². The van der Waals surface area contributed by atoms with E-state index >= 15 is 0 Å². The van der Waals surface area contributed by atoms with Gasteiger partial charge in [-0.05, 0) is 43.5 Å². The van der Waals surface area contributed by atoms with Crippen LogP contribution < -0.4 is 5.32 Å². The van der Waals surface area contributed by atoms with E-state index in [2.05, 4.69) is 5.32 Å². The topological polar surface area (TPSA) is 106 Å². The van der Waals surface area contributed by atoms with E-state index in [-0.39, 0.29) is 40.2 Å². The molecule has 2 aromatic carbocycles. The minimum atomic E-state index is -5.44. The van der Waals surface area contributed by atoms with Gasteiger partial charge in [0.2, 0.25) is 11.8 Å². The molecule has 0 aliphatic carbocycles. The van der Waals surface area contributed by atoms with Gasteiger partial charge >= 0.3 is 5.51 Å². The number of sulfone groups is 1. The zero-order valence-electron chi connectivity index (χ0n) is 21.1. The number of benzene rings is 2. The van der Waals surface area contributed by atoms with E-state index in [9.17, 15) is 40.4 Å². The minimum Gasteiger partial charge on any atom is -0.350 e. The minimum absolute atomic E-state index is 0.0811. The average molecular weight is 602 g/mol. The lowest BCUT2D eigenvalue weighted by molar-refractivity contribution is -0.138. The van der Waals surface area contributed by atoms with Crippen LogP contribution >= 0.6 is 11.6 Å². The Labute approximate surface area is 231 Å². The van der Waals surface area contributed by atoms with Gasteiger partial charge in [0, 0.05) is 41.3 Å². The van der Waals surface area contributed by atoms with E-state index in [0.29, 0.717) is 24.9 Å². The van der Waals surface area contributed by atoms with Gasteiger partial charge in [-0.25, -0.2) is 12.8 Å². The van der Waals surface area contributed by atoms with Gasteiger partial charge in [0.25, 0.3) is 9.84 Å². The second-order valence-electron chi connectivity index (χ2n) is 9.46. The SMILES string of the molecule is CC(=O)c1cn(CC(=O)N2CCC[C@H]2C(=O)NCc2cccc(Cl)c2F)c2ccc(CS(=O)(=O)C(F)(F)F)cc12. The van der Waals surface area contributed by atoms with E-state index in [1.165, 1.54) is 52.9 Å². The molecule has 1 aromatic heterocycles. The van der Waals surface area contributed by atoms with Crippen LogP contribution in [0.25, 0.3) is 10.9 Å². The summed E-state index contributed by atoms with van der Waals surface area (Å²) in [5, 5.41) is 2.75. The first-order chi connectivity index (χ1) is 18.7. The van der Waals surface area contributed by atoms with Crippen molar-refractivity contribution >= 4 is 49.9 Å². The summed E-state index contributed by atoms with van der Waals surface area (Å²) in [5.74, 6) is -3.29. The normalized spacial score (nSPS) is 15.9. The van der Waals surface area contributed by atoms with Crippen LogP contribution in [-0.2, 0) is 38.3 Å². The largest absolute Gasteiger partial charge is 0.497 e. The first kappa shape index (κ1) is 29.5. The van der Waals surface area contributed by atoms with Crippen LogP contribution in [-0.4, -0.2) is 53.6 Å². The van der Waals surface area contributed by atoms with E-state index in [4.69, 9.17) is 11.6 Å². The number of aromatic nitrogens is 1. The fourth-order valence-corrected chi connectivity index (χ4v) is 5.68. The Morgan fingerprint density at radius 2 is 1.88 bits per heavy atom. The number of rotatable bonds is 8. The molecule has 2 amide bonds. The number of fused-ring (bicyclic) bond motifs is 1.